The van der Waals surface area contributed by atoms with Crippen LogP contribution in [-0.4, -0.2) is 49.2 Å². The van der Waals surface area contributed by atoms with Crippen LogP contribution in [0.1, 0.15) is 25.3 Å². The van der Waals surface area contributed by atoms with Gasteiger partial charge in [0.05, 0.1) is 6.61 Å². The lowest BCUT2D eigenvalue weighted by molar-refractivity contribution is -0.134. The summed E-state index contributed by atoms with van der Waals surface area (Å²) in [6.45, 7) is 5.27. The third-order valence-electron chi connectivity index (χ3n) is 3.72. The van der Waals surface area contributed by atoms with E-state index < -0.39 is 6.09 Å². The van der Waals surface area contributed by atoms with E-state index in [4.69, 9.17) is 9.47 Å². The topological polar surface area (TPSA) is 67.9 Å². The molecule has 6 heteroatoms. The van der Waals surface area contributed by atoms with Crippen molar-refractivity contribution < 1.29 is 19.1 Å². The van der Waals surface area contributed by atoms with Crippen LogP contribution in [-0.2, 0) is 9.53 Å². The minimum absolute atomic E-state index is 0.00950. The van der Waals surface area contributed by atoms with E-state index in [-0.39, 0.29) is 18.6 Å². The predicted molar refractivity (Wildman–Crippen MR) is 86.4 cm³/mol. The lowest BCUT2D eigenvalue weighted by Gasteiger charge is -2.32. The van der Waals surface area contributed by atoms with Gasteiger partial charge in [0.2, 0.25) is 0 Å². The summed E-state index contributed by atoms with van der Waals surface area (Å²) in [4.78, 5) is 25.5. The van der Waals surface area contributed by atoms with E-state index >= 15 is 0 Å². The number of hydrogen-bond donors (Lipinski definition) is 1. The highest BCUT2D eigenvalue weighted by Crippen LogP contribution is 2.14. The molecule has 0 spiro atoms. The largest absolute Gasteiger partial charge is 0.484 e. The highest BCUT2D eigenvalue weighted by Gasteiger charge is 2.25. The maximum absolute atomic E-state index is 12.3. The van der Waals surface area contributed by atoms with Gasteiger partial charge in [-0.2, -0.15) is 0 Å². The Hall–Kier alpha value is -2.24. The fraction of sp³-hybridized carbons (Fsp3) is 0.529. The highest BCUT2D eigenvalue weighted by atomic mass is 16.5. The molecule has 6 nitrogen and oxygen atoms in total. The molecule has 1 aromatic carbocycles. The molecule has 1 unspecified atom stereocenters. The van der Waals surface area contributed by atoms with Crippen LogP contribution in [0, 0.1) is 6.92 Å². The Morgan fingerprint density at radius 1 is 1.39 bits per heavy atom. The third kappa shape index (κ3) is 5.47. The summed E-state index contributed by atoms with van der Waals surface area (Å²) >= 11 is 0. The molecule has 0 aliphatic carbocycles. The lowest BCUT2D eigenvalue weighted by atomic mass is 10.1. The van der Waals surface area contributed by atoms with Gasteiger partial charge in [-0.3, -0.25) is 4.79 Å². The highest BCUT2D eigenvalue weighted by molar-refractivity contribution is 5.78. The molecule has 2 rings (SSSR count). The lowest BCUT2D eigenvalue weighted by Crippen LogP contribution is -2.50. The van der Waals surface area contributed by atoms with Gasteiger partial charge in [-0.25, -0.2) is 4.79 Å². The number of likely N-dealkylation sites (tertiary alicyclic amines) is 1. The SMILES string of the molecule is CCOC(=O)NC1CCCN(C(=O)COc2cccc(C)c2)C1. The first-order chi connectivity index (χ1) is 11.1. The Balaban J connectivity index is 1.80. The second-order valence-electron chi connectivity index (χ2n) is 5.65. The zero-order chi connectivity index (χ0) is 16.7. The van der Waals surface area contributed by atoms with Gasteiger partial charge in [-0.15, -0.1) is 0 Å². The van der Waals surface area contributed by atoms with Crippen LogP contribution in [0.4, 0.5) is 4.79 Å². The van der Waals surface area contributed by atoms with Crippen molar-refractivity contribution >= 4 is 12.0 Å². The molecule has 1 aliphatic rings. The molecule has 1 aromatic rings. The van der Waals surface area contributed by atoms with Gasteiger partial charge >= 0.3 is 6.09 Å². The van der Waals surface area contributed by atoms with Gasteiger partial charge in [0.15, 0.2) is 6.61 Å². The van der Waals surface area contributed by atoms with Crippen molar-refractivity contribution in [1.82, 2.24) is 10.2 Å². The number of alkyl carbamates (subject to hydrolysis) is 1. The molecule has 2 amide bonds. The number of carbonyl (C=O) groups excluding carboxylic acids is 2. The summed E-state index contributed by atoms with van der Waals surface area (Å²) in [7, 11) is 0. The number of rotatable bonds is 5. The first kappa shape index (κ1) is 17.1. The van der Waals surface area contributed by atoms with Gasteiger partial charge in [-0.1, -0.05) is 12.1 Å². The molecule has 1 N–H and O–H groups in total. The Kier molecular flexibility index (Phi) is 6.26. The maximum atomic E-state index is 12.3. The van der Waals surface area contributed by atoms with Gasteiger partial charge in [0.1, 0.15) is 5.75 Å². The minimum Gasteiger partial charge on any atom is -0.484 e. The van der Waals surface area contributed by atoms with Crippen molar-refractivity contribution in [2.45, 2.75) is 32.7 Å². The molecule has 1 atom stereocenters. The van der Waals surface area contributed by atoms with Gasteiger partial charge in [-0.05, 0) is 44.4 Å². The van der Waals surface area contributed by atoms with Crippen LogP contribution in [0.25, 0.3) is 0 Å². The number of aryl methyl sites for hydroxylation is 1. The van der Waals surface area contributed by atoms with Gasteiger partial charge in [0, 0.05) is 19.1 Å². The second kappa shape index (κ2) is 8.41. The van der Waals surface area contributed by atoms with E-state index in [9.17, 15) is 9.59 Å². The van der Waals surface area contributed by atoms with Crippen LogP contribution in [0.3, 0.4) is 0 Å². The Morgan fingerprint density at radius 2 is 2.22 bits per heavy atom. The van der Waals surface area contributed by atoms with Gasteiger partial charge < -0.3 is 19.7 Å². The maximum Gasteiger partial charge on any atom is 0.407 e. The molecular formula is C17H24N2O4. The molecule has 1 saturated heterocycles. The number of carbonyl (C=O) groups is 2. The molecule has 1 heterocycles. The number of benzene rings is 1. The summed E-state index contributed by atoms with van der Waals surface area (Å²) in [5, 5.41) is 2.79. The average Bonchev–Trinajstić information content (AvgIpc) is 2.53. The van der Waals surface area contributed by atoms with Crippen LogP contribution in [0.15, 0.2) is 24.3 Å². The molecular weight excluding hydrogens is 296 g/mol. The van der Waals surface area contributed by atoms with E-state index in [1.807, 2.05) is 31.2 Å². The zero-order valence-electron chi connectivity index (χ0n) is 13.7. The zero-order valence-corrected chi connectivity index (χ0v) is 13.7. The quantitative estimate of drug-likeness (QED) is 0.902. The number of piperidine rings is 1. The van der Waals surface area contributed by atoms with Crippen molar-refractivity contribution in [2.24, 2.45) is 0 Å². The molecule has 0 bridgehead atoms. The molecule has 0 aromatic heterocycles. The van der Waals surface area contributed by atoms with E-state index in [0.717, 1.165) is 18.4 Å². The summed E-state index contributed by atoms with van der Waals surface area (Å²) in [5.74, 6) is 0.624. The Morgan fingerprint density at radius 3 is 2.96 bits per heavy atom. The fourth-order valence-electron chi connectivity index (χ4n) is 2.60. The predicted octanol–water partition coefficient (Wildman–Crippen LogP) is 2.11. The first-order valence-electron chi connectivity index (χ1n) is 7.99. The first-order valence-corrected chi connectivity index (χ1v) is 7.99. The molecule has 1 fully saturated rings. The number of nitrogens with zero attached hydrogens (tertiary/aromatic N) is 1. The number of ether oxygens (including phenoxy) is 2. The Bertz CT molecular complexity index is 547. The molecule has 23 heavy (non-hydrogen) atoms. The molecule has 0 saturated carbocycles. The summed E-state index contributed by atoms with van der Waals surface area (Å²) in [6.07, 6.45) is 1.28. The fourth-order valence-corrected chi connectivity index (χ4v) is 2.60. The van der Waals surface area contributed by atoms with Crippen molar-refractivity contribution in [2.75, 3.05) is 26.3 Å². The van der Waals surface area contributed by atoms with Crippen LogP contribution in [0.2, 0.25) is 0 Å². The average molecular weight is 320 g/mol. The molecule has 1 aliphatic heterocycles. The second-order valence-corrected chi connectivity index (χ2v) is 5.65. The van der Waals surface area contributed by atoms with Crippen molar-refractivity contribution in [3.63, 3.8) is 0 Å². The third-order valence-corrected chi connectivity index (χ3v) is 3.72. The number of nitrogens with one attached hydrogen (secondary N) is 1. The van der Waals surface area contributed by atoms with E-state index in [1.165, 1.54) is 0 Å². The van der Waals surface area contributed by atoms with Crippen LogP contribution >= 0.6 is 0 Å². The summed E-state index contributed by atoms with van der Waals surface area (Å²) in [5.41, 5.74) is 1.09. The Labute approximate surface area is 136 Å². The van der Waals surface area contributed by atoms with E-state index in [1.54, 1.807) is 11.8 Å². The standard InChI is InChI=1S/C17H24N2O4/c1-3-22-17(21)18-14-7-5-9-19(11-14)16(20)12-23-15-8-4-6-13(2)10-15/h4,6,8,10,14H,3,5,7,9,11-12H2,1-2H3,(H,18,21). The molecule has 0 radical (unpaired) electrons. The van der Waals surface area contributed by atoms with E-state index in [0.29, 0.717) is 25.4 Å². The van der Waals surface area contributed by atoms with Crippen LogP contribution in [0.5, 0.6) is 5.75 Å². The van der Waals surface area contributed by atoms with Crippen molar-refractivity contribution in [3.8, 4) is 5.75 Å². The van der Waals surface area contributed by atoms with Crippen molar-refractivity contribution in [3.05, 3.63) is 29.8 Å². The summed E-state index contributed by atoms with van der Waals surface area (Å²) in [6, 6.07) is 7.54. The molecule has 126 valence electrons. The minimum atomic E-state index is -0.428. The summed E-state index contributed by atoms with van der Waals surface area (Å²) < 4.78 is 10.4. The smallest absolute Gasteiger partial charge is 0.407 e. The number of amides is 2. The van der Waals surface area contributed by atoms with Crippen molar-refractivity contribution in [1.29, 1.82) is 0 Å². The monoisotopic (exact) mass is 320 g/mol. The number of hydrogen-bond acceptors (Lipinski definition) is 4. The van der Waals surface area contributed by atoms with Gasteiger partial charge in [0.25, 0.3) is 5.91 Å². The van der Waals surface area contributed by atoms with Crippen LogP contribution < -0.4 is 10.1 Å². The normalized spacial score (nSPS) is 17.5. The van der Waals surface area contributed by atoms with E-state index in [2.05, 4.69) is 5.32 Å².